The molecule has 2 rings (SSSR count). The number of nitro groups is 2. The number of halogens is 2. The molecule has 26 heavy (non-hydrogen) atoms. The quantitative estimate of drug-likeness (QED) is 0.552. The SMILES string of the molecule is O=C(Cn1ccc([N+](=O)[O-])n1)Nc1cc(OCC(F)F)cc([N+](=O)[O-])c1. The first-order chi connectivity index (χ1) is 12.2. The number of nitrogens with one attached hydrogen (secondary N) is 1. The summed E-state index contributed by atoms with van der Waals surface area (Å²) in [5, 5.41) is 27.3. The maximum absolute atomic E-state index is 12.2. The maximum atomic E-state index is 12.2. The number of rotatable bonds is 8. The maximum Gasteiger partial charge on any atom is 0.389 e. The molecule has 1 N–H and O–H groups in total. The predicted octanol–water partition coefficient (Wildman–Crippen LogP) is 1.98. The summed E-state index contributed by atoms with van der Waals surface area (Å²) in [6.45, 7) is -1.37. The highest BCUT2D eigenvalue weighted by Crippen LogP contribution is 2.26. The van der Waals surface area contributed by atoms with Gasteiger partial charge in [0.1, 0.15) is 18.9 Å². The minimum absolute atomic E-state index is 0.0601. The molecule has 138 valence electrons. The summed E-state index contributed by atoms with van der Waals surface area (Å²) < 4.78 is 30.1. The lowest BCUT2D eigenvalue weighted by Crippen LogP contribution is -2.19. The lowest BCUT2D eigenvalue weighted by atomic mass is 10.2. The zero-order chi connectivity index (χ0) is 19.3. The summed E-state index contributed by atoms with van der Waals surface area (Å²) in [6.07, 6.45) is -1.56. The van der Waals surface area contributed by atoms with Gasteiger partial charge in [-0.3, -0.25) is 14.9 Å². The number of aromatic nitrogens is 2. The Labute approximate surface area is 143 Å². The molecular weight excluding hydrogens is 360 g/mol. The third kappa shape index (κ3) is 5.19. The van der Waals surface area contributed by atoms with Gasteiger partial charge in [0, 0.05) is 12.1 Å². The molecule has 0 spiro atoms. The molecule has 0 bridgehead atoms. The number of alkyl halides is 2. The second-order valence-corrected chi connectivity index (χ2v) is 4.85. The van der Waals surface area contributed by atoms with Crippen LogP contribution in [0.4, 0.5) is 26.0 Å². The normalized spacial score (nSPS) is 10.6. The Morgan fingerprint density at radius 2 is 2.00 bits per heavy atom. The number of amides is 1. The van der Waals surface area contributed by atoms with Crippen molar-refractivity contribution in [3.63, 3.8) is 0 Å². The van der Waals surface area contributed by atoms with E-state index in [-0.39, 0.29) is 11.4 Å². The standard InChI is InChI=1S/C13H11F2N5O6/c14-11(15)7-26-10-4-8(3-9(5-10)19(22)23)16-13(21)6-18-2-1-12(17-18)20(24)25/h1-5,11H,6-7H2,(H,16,21). The summed E-state index contributed by atoms with van der Waals surface area (Å²) >= 11 is 0. The molecule has 0 saturated heterocycles. The molecule has 1 aromatic heterocycles. The Balaban J connectivity index is 2.11. The molecule has 1 aromatic carbocycles. The van der Waals surface area contributed by atoms with Crippen molar-refractivity contribution < 1.29 is 28.2 Å². The van der Waals surface area contributed by atoms with E-state index >= 15 is 0 Å². The van der Waals surface area contributed by atoms with Crippen LogP contribution in [0.15, 0.2) is 30.5 Å². The van der Waals surface area contributed by atoms with Crippen LogP contribution in [0.5, 0.6) is 5.75 Å². The molecule has 0 radical (unpaired) electrons. The van der Waals surface area contributed by atoms with Gasteiger partial charge in [0.25, 0.3) is 12.1 Å². The third-order valence-corrected chi connectivity index (χ3v) is 2.88. The van der Waals surface area contributed by atoms with Crippen molar-refractivity contribution in [3.05, 3.63) is 50.7 Å². The molecule has 2 aromatic rings. The number of benzene rings is 1. The average Bonchev–Trinajstić information content (AvgIpc) is 3.01. The monoisotopic (exact) mass is 371 g/mol. The van der Waals surface area contributed by atoms with Crippen LogP contribution in [-0.4, -0.2) is 38.6 Å². The van der Waals surface area contributed by atoms with Crippen LogP contribution in [0.25, 0.3) is 0 Å². The van der Waals surface area contributed by atoms with Gasteiger partial charge in [-0.2, -0.15) is 4.68 Å². The van der Waals surface area contributed by atoms with E-state index in [1.165, 1.54) is 6.20 Å². The fourth-order valence-electron chi connectivity index (χ4n) is 1.89. The summed E-state index contributed by atoms with van der Waals surface area (Å²) in [6, 6.07) is 4.18. The van der Waals surface area contributed by atoms with Gasteiger partial charge in [-0.15, -0.1) is 0 Å². The van der Waals surface area contributed by atoms with Gasteiger partial charge < -0.3 is 20.2 Å². The molecule has 0 saturated carbocycles. The highest BCUT2D eigenvalue weighted by molar-refractivity contribution is 5.91. The Hall–Kier alpha value is -3.64. The summed E-state index contributed by atoms with van der Waals surface area (Å²) in [5.74, 6) is -1.36. The molecule has 0 atom stereocenters. The van der Waals surface area contributed by atoms with Crippen molar-refractivity contribution >= 4 is 23.1 Å². The highest BCUT2D eigenvalue weighted by Gasteiger charge is 2.16. The Morgan fingerprint density at radius 3 is 2.58 bits per heavy atom. The van der Waals surface area contributed by atoms with Crippen molar-refractivity contribution in [1.29, 1.82) is 0 Å². The average molecular weight is 371 g/mol. The lowest BCUT2D eigenvalue weighted by Gasteiger charge is -2.09. The molecule has 0 aliphatic rings. The molecule has 0 aliphatic carbocycles. The van der Waals surface area contributed by atoms with Gasteiger partial charge in [0.15, 0.2) is 0 Å². The second-order valence-electron chi connectivity index (χ2n) is 4.85. The van der Waals surface area contributed by atoms with Crippen molar-refractivity contribution in [2.45, 2.75) is 13.0 Å². The summed E-state index contributed by atoms with van der Waals surface area (Å²) in [7, 11) is 0. The van der Waals surface area contributed by atoms with Crippen LogP contribution in [0, 0.1) is 20.2 Å². The van der Waals surface area contributed by atoms with Gasteiger partial charge in [-0.1, -0.05) is 0 Å². The van der Waals surface area contributed by atoms with Crippen LogP contribution in [0.3, 0.4) is 0 Å². The molecule has 0 unspecified atom stereocenters. The van der Waals surface area contributed by atoms with Crippen molar-refractivity contribution in [2.75, 3.05) is 11.9 Å². The minimum Gasteiger partial charge on any atom is -0.487 e. The molecule has 1 heterocycles. The highest BCUT2D eigenvalue weighted by atomic mass is 19.3. The smallest absolute Gasteiger partial charge is 0.389 e. The summed E-state index contributed by atoms with van der Waals surface area (Å²) in [4.78, 5) is 31.9. The fourth-order valence-corrected chi connectivity index (χ4v) is 1.89. The zero-order valence-electron chi connectivity index (χ0n) is 12.9. The van der Waals surface area contributed by atoms with Gasteiger partial charge >= 0.3 is 5.82 Å². The number of anilines is 1. The first-order valence-corrected chi connectivity index (χ1v) is 6.92. The van der Waals surface area contributed by atoms with Crippen molar-refractivity contribution in [1.82, 2.24) is 9.78 Å². The van der Waals surface area contributed by atoms with Crippen LogP contribution in [-0.2, 0) is 11.3 Å². The lowest BCUT2D eigenvalue weighted by molar-refractivity contribution is -0.389. The Bertz CT molecular complexity index is 840. The largest absolute Gasteiger partial charge is 0.487 e. The van der Waals surface area contributed by atoms with Crippen LogP contribution in [0.1, 0.15) is 0 Å². The number of hydrogen-bond donors (Lipinski definition) is 1. The van der Waals surface area contributed by atoms with E-state index < -0.39 is 46.8 Å². The van der Waals surface area contributed by atoms with E-state index in [1.54, 1.807) is 0 Å². The fraction of sp³-hybridized carbons (Fsp3) is 0.231. The molecule has 11 nitrogen and oxygen atoms in total. The first kappa shape index (κ1) is 18.7. The molecule has 0 fully saturated rings. The van der Waals surface area contributed by atoms with Gasteiger partial charge in [0.2, 0.25) is 5.91 Å². The number of non-ortho nitro benzene ring substituents is 1. The van der Waals surface area contributed by atoms with Crippen molar-refractivity contribution in [3.8, 4) is 5.75 Å². The van der Waals surface area contributed by atoms with Crippen LogP contribution in [0.2, 0.25) is 0 Å². The van der Waals surface area contributed by atoms with E-state index in [1.807, 2.05) is 0 Å². The van der Waals surface area contributed by atoms with E-state index in [4.69, 9.17) is 4.74 Å². The molecule has 13 heteroatoms. The topological polar surface area (TPSA) is 142 Å². The van der Waals surface area contributed by atoms with Crippen LogP contribution >= 0.6 is 0 Å². The van der Waals surface area contributed by atoms with Crippen LogP contribution < -0.4 is 10.1 Å². The number of carbonyl (C=O) groups excluding carboxylic acids is 1. The Morgan fingerprint density at radius 1 is 1.27 bits per heavy atom. The zero-order valence-corrected chi connectivity index (χ0v) is 12.9. The summed E-state index contributed by atoms with van der Waals surface area (Å²) in [5.41, 5.74) is -0.531. The van der Waals surface area contributed by atoms with Gasteiger partial charge in [-0.25, -0.2) is 8.78 Å². The number of carbonyl (C=O) groups is 1. The number of nitrogens with zero attached hydrogens (tertiary/aromatic N) is 4. The number of nitro benzene ring substituents is 1. The van der Waals surface area contributed by atoms with Gasteiger partial charge in [0.05, 0.1) is 34.0 Å². The van der Waals surface area contributed by atoms with E-state index in [2.05, 4.69) is 10.4 Å². The van der Waals surface area contributed by atoms with E-state index in [0.29, 0.717) is 0 Å². The molecule has 0 aliphatic heterocycles. The molecular formula is C13H11F2N5O6. The van der Waals surface area contributed by atoms with E-state index in [0.717, 1.165) is 28.9 Å². The number of hydrogen-bond acceptors (Lipinski definition) is 7. The van der Waals surface area contributed by atoms with Gasteiger partial charge in [-0.05, 0) is 4.92 Å². The Kier molecular flexibility index (Phi) is 5.72. The number of ether oxygens (including phenoxy) is 1. The predicted molar refractivity (Wildman–Crippen MR) is 82.1 cm³/mol. The minimum atomic E-state index is -2.78. The van der Waals surface area contributed by atoms with Crippen molar-refractivity contribution in [2.24, 2.45) is 0 Å². The first-order valence-electron chi connectivity index (χ1n) is 6.92. The second kappa shape index (κ2) is 7.96. The van der Waals surface area contributed by atoms with E-state index in [9.17, 15) is 33.8 Å². The third-order valence-electron chi connectivity index (χ3n) is 2.88. The molecule has 1 amide bonds.